The predicted molar refractivity (Wildman–Crippen MR) is 132 cm³/mol. The quantitative estimate of drug-likeness (QED) is 0.302. The molecule has 1 aliphatic heterocycles. The first-order valence-corrected chi connectivity index (χ1v) is 13.6. The maximum absolute atomic E-state index is 13.1. The van der Waals surface area contributed by atoms with E-state index in [1.54, 1.807) is 16.3 Å². The third kappa shape index (κ3) is 6.04. The maximum Gasteiger partial charge on any atom is 0.434 e. The molecule has 36 heavy (non-hydrogen) atoms. The second-order valence-corrected chi connectivity index (χ2v) is 11.5. The SMILES string of the molecule is CC(=O)OCC1O[C@H](Sc2cnc(C(F)(F)F)c(Br)c2)C(C)[C@@H](n2cc(-c3nc(Cl)cs3)nn2)[C@H]1C. The molecule has 4 heterocycles. The topological polar surface area (TPSA) is 92.0 Å². The number of carbonyl (C=O) groups is 1. The molecule has 0 amide bonds. The standard InChI is InChI=1S/C21H20BrClF3N5O3S2/c1-9-15(7-33-11(3)32)34-20(36-12-4-13(22)18(27-5-12)21(24,25)26)10(2)17(9)31-6-14(29-30-31)19-28-16(23)8-35-19/h4-6,8-10,15,17,20H,7H2,1-3H3/t9-,10?,15?,17-,20+/m0/s1. The highest BCUT2D eigenvalue weighted by atomic mass is 79.9. The summed E-state index contributed by atoms with van der Waals surface area (Å²) < 4.78 is 52.4. The van der Waals surface area contributed by atoms with E-state index in [1.807, 2.05) is 13.8 Å². The van der Waals surface area contributed by atoms with Gasteiger partial charge in [0, 0.05) is 39.7 Å². The Morgan fingerprint density at radius 3 is 2.72 bits per heavy atom. The van der Waals surface area contributed by atoms with Crippen molar-refractivity contribution >= 4 is 56.6 Å². The van der Waals surface area contributed by atoms with E-state index in [0.717, 1.165) is 0 Å². The predicted octanol–water partition coefficient (Wildman–Crippen LogP) is 6.12. The van der Waals surface area contributed by atoms with Crippen LogP contribution in [0.1, 0.15) is 32.5 Å². The summed E-state index contributed by atoms with van der Waals surface area (Å²) in [5, 5.41) is 11.3. The Balaban J connectivity index is 1.62. The summed E-state index contributed by atoms with van der Waals surface area (Å²) in [4.78, 5) is 19.8. The van der Waals surface area contributed by atoms with Gasteiger partial charge in [0.1, 0.15) is 27.9 Å². The summed E-state index contributed by atoms with van der Waals surface area (Å²) in [7, 11) is 0. The number of hydrogen-bond donors (Lipinski definition) is 0. The van der Waals surface area contributed by atoms with Crippen molar-refractivity contribution in [2.75, 3.05) is 6.61 Å². The van der Waals surface area contributed by atoms with Crippen LogP contribution in [0.5, 0.6) is 0 Å². The largest absolute Gasteiger partial charge is 0.463 e. The van der Waals surface area contributed by atoms with Gasteiger partial charge in [-0.1, -0.05) is 42.4 Å². The van der Waals surface area contributed by atoms with E-state index in [2.05, 4.69) is 36.2 Å². The molecule has 0 bridgehead atoms. The summed E-state index contributed by atoms with van der Waals surface area (Å²) in [6.45, 7) is 5.27. The lowest BCUT2D eigenvalue weighted by atomic mass is 9.84. The average Bonchev–Trinajstić information content (AvgIpc) is 3.43. The lowest BCUT2D eigenvalue weighted by Gasteiger charge is -2.44. The zero-order chi connectivity index (χ0) is 26.2. The fourth-order valence-corrected chi connectivity index (χ4v) is 6.77. The smallest absolute Gasteiger partial charge is 0.434 e. The Hall–Kier alpha value is -1.74. The fourth-order valence-electron chi connectivity index (χ4n) is 4.01. The third-order valence-electron chi connectivity index (χ3n) is 5.70. The molecule has 2 unspecified atom stereocenters. The number of aromatic nitrogens is 5. The van der Waals surface area contributed by atoms with Crippen molar-refractivity contribution in [3.8, 4) is 10.7 Å². The number of alkyl halides is 3. The minimum atomic E-state index is -4.57. The molecule has 1 fully saturated rings. The van der Waals surface area contributed by atoms with Crippen molar-refractivity contribution in [1.82, 2.24) is 25.0 Å². The first kappa shape index (κ1) is 27.3. The van der Waals surface area contributed by atoms with Crippen LogP contribution in [0.3, 0.4) is 0 Å². The van der Waals surface area contributed by atoms with Gasteiger partial charge >= 0.3 is 12.1 Å². The Morgan fingerprint density at radius 2 is 2.11 bits per heavy atom. The molecule has 3 aromatic rings. The van der Waals surface area contributed by atoms with E-state index in [-0.39, 0.29) is 29.0 Å². The number of esters is 1. The van der Waals surface area contributed by atoms with E-state index in [9.17, 15) is 18.0 Å². The van der Waals surface area contributed by atoms with Crippen LogP contribution in [-0.2, 0) is 20.4 Å². The zero-order valence-electron chi connectivity index (χ0n) is 19.1. The van der Waals surface area contributed by atoms with E-state index in [0.29, 0.717) is 20.8 Å². The van der Waals surface area contributed by atoms with E-state index < -0.39 is 29.4 Å². The van der Waals surface area contributed by atoms with Crippen LogP contribution in [0.2, 0.25) is 5.15 Å². The van der Waals surface area contributed by atoms with Gasteiger partial charge in [0.15, 0.2) is 5.69 Å². The minimum absolute atomic E-state index is 0.0232. The van der Waals surface area contributed by atoms with Crippen molar-refractivity contribution in [2.45, 2.75) is 49.4 Å². The summed E-state index contributed by atoms with van der Waals surface area (Å²) in [6, 6.07) is 1.14. The third-order valence-corrected chi connectivity index (χ3v) is 8.76. The van der Waals surface area contributed by atoms with Crippen LogP contribution < -0.4 is 0 Å². The van der Waals surface area contributed by atoms with E-state index in [1.165, 1.54) is 42.3 Å². The van der Waals surface area contributed by atoms with Gasteiger partial charge < -0.3 is 9.47 Å². The van der Waals surface area contributed by atoms with Gasteiger partial charge in [0.25, 0.3) is 0 Å². The molecule has 0 spiro atoms. The minimum Gasteiger partial charge on any atom is -0.463 e. The highest BCUT2D eigenvalue weighted by molar-refractivity contribution is 9.10. The first-order valence-electron chi connectivity index (χ1n) is 10.7. The molecule has 1 aliphatic rings. The van der Waals surface area contributed by atoms with Gasteiger partial charge in [0.05, 0.1) is 18.3 Å². The number of thiazole rings is 1. The molecular formula is C21H20BrClF3N5O3S2. The molecule has 0 aromatic carbocycles. The van der Waals surface area contributed by atoms with Gasteiger partial charge in [-0.15, -0.1) is 16.4 Å². The summed E-state index contributed by atoms with van der Waals surface area (Å²) in [5.74, 6) is -0.734. The maximum atomic E-state index is 13.1. The number of pyridine rings is 1. The molecule has 194 valence electrons. The molecule has 15 heteroatoms. The molecule has 5 atom stereocenters. The van der Waals surface area contributed by atoms with Gasteiger partial charge in [0.2, 0.25) is 0 Å². The molecule has 3 aromatic heterocycles. The molecular weight excluding hydrogens is 607 g/mol. The van der Waals surface area contributed by atoms with Crippen LogP contribution >= 0.6 is 50.6 Å². The number of rotatable bonds is 6. The Labute approximate surface area is 226 Å². The van der Waals surface area contributed by atoms with E-state index in [4.69, 9.17) is 21.1 Å². The molecule has 0 radical (unpaired) electrons. The highest BCUT2D eigenvalue weighted by Gasteiger charge is 2.44. The van der Waals surface area contributed by atoms with Crippen LogP contribution in [0.25, 0.3) is 10.7 Å². The summed E-state index contributed by atoms with van der Waals surface area (Å²) in [5.41, 5.74) is -0.935. The second-order valence-electron chi connectivity index (χ2n) is 8.23. The van der Waals surface area contributed by atoms with Crippen molar-refractivity contribution in [3.63, 3.8) is 0 Å². The summed E-state index contributed by atoms with van der Waals surface area (Å²) >= 11 is 11.5. The van der Waals surface area contributed by atoms with Gasteiger partial charge in [-0.25, -0.2) is 14.6 Å². The number of ether oxygens (including phenoxy) is 2. The molecule has 0 N–H and O–H groups in total. The monoisotopic (exact) mass is 625 g/mol. The van der Waals surface area contributed by atoms with Crippen LogP contribution in [0, 0.1) is 11.8 Å². The molecule has 0 aliphatic carbocycles. The molecule has 8 nitrogen and oxygen atoms in total. The van der Waals surface area contributed by atoms with Gasteiger partial charge in [-0.3, -0.25) is 4.79 Å². The lowest BCUT2D eigenvalue weighted by molar-refractivity contribution is -0.156. The summed E-state index contributed by atoms with van der Waals surface area (Å²) in [6.07, 6.45) is -2.11. The van der Waals surface area contributed by atoms with Crippen molar-refractivity contribution in [1.29, 1.82) is 0 Å². The fraction of sp³-hybridized carbons (Fsp3) is 0.476. The van der Waals surface area contributed by atoms with Crippen molar-refractivity contribution in [2.24, 2.45) is 11.8 Å². The molecule has 0 saturated carbocycles. The van der Waals surface area contributed by atoms with Crippen molar-refractivity contribution < 1.29 is 27.4 Å². The van der Waals surface area contributed by atoms with Crippen LogP contribution in [-0.4, -0.2) is 49.1 Å². The zero-order valence-corrected chi connectivity index (χ0v) is 23.0. The number of nitrogens with zero attached hydrogens (tertiary/aromatic N) is 5. The van der Waals surface area contributed by atoms with E-state index >= 15 is 0 Å². The Bertz CT molecular complexity index is 1240. The number of carbonyl (C=O) groups excluding carboxylic acids is 1. The van der Waals surface area contributed by atoms with Crippen LogP contribution in [0.15, 0.2) is 33.2 Å². The lowest BCUT2D eigenvalue weighted by Crippen LogP contribution is -2.47. The van der Waals surface area contributed by atoms with Crippen LogP contribution in [0.4, 0.5) is 13.2 Å². The second kappa shape index (κ2) is 10.9. The average molecular weight is 627 g/mol. The highest BCUT2D eigenvalue weighted by Crippen LogP contribution is 2.45. The normalized spacial score (nSPS) is 24.6. The Kier molecular flexibility index (Phi) is 8.29. The number of hydrogen-bond acceptors (Lipinski definition) is 9. The van der Waals surface area contributed by atoms with Crippen molar-refractivity contribution in [3.05, 3.63) is 39.2 Å². The Morgan fingerprint density at radius 1 is 1.36 bits per heavy atom. The molecule has 1 saturated heterocycles. The van der Waals surface area contributed by atoms with Gasteiger partial charge in [-0.2, -0.15) is 13.2 Å². The van der Waals surface area contributed by atoms with Gasteiger partial charge in [-0.05, 0) is 22.0 Å². The first-order chi connectivity index (χ1) is 16.9. The number of halogens is 5. The molecule has 4 rings (SSSR count). The number of thioether (sulfide) groups is 1.